The zero-order valence-corrected chi connectivity index (χ0v) is 12.0. The minimum absolute atomic E-state index is 0.0906. The molecule has 0 spiro atoms. The van der Waals surface area contributed by atoms with Crippen LogP contribution in [0.25, 0.3) is 0 Å². The molecule has 0 saturated heterocycles. The van der Waals surface area contributed by atoms with Crippen LogP contribution in [0.15, 0.2) is 35.8 Å². The number of thiazole rings is 1. The molecule has 104 valence electrons. The number of thioether (sulfide) groups is 1. The first kappa shape index (κ1) is 14.5. The van der Waals surface area contributed by atoms with Gasteiger partial charge in [0, 0.05) is 17.3 Å². The van der Waals surface area contributed by atoms with Gasteiger partial charge in [-0.1, -0.05) is 12.1 Å². The highest BCUT2D eigenvalue weighted by atomic mass is 32.2. The number of anilines is 1. The van der Waals surface area contributed by atoms with Gasteiger partial charge in [-0.25, -0.2) is 9.78 Å². The van der Waals surface area contributed by atoms with Crippen LogP contribution in [0.3, 0.4) is 0 Å². The van der Waals surface area contributed by atoms with E-state index in [-0.39, 0.29) is 11.5 Å². The molecule has 0 unspecified atom stereocenters. The van der Waals surface area contributed by atoms with Crippen molar-refractivity contribution in [1.29, 1.82) is 0 Å². The molecule has 0 aliphatic heterocycles. The van der Waals surface area contributed by atoms with Crippen LogP contribution >= 0.6 is 23.1 Å². The first-order valence-corrected chi connectivity index (χ1v) is 7.78. The van der Waals surface area contributed by atoms with Gasteiger partial charge in [0.25, 0.3) is 0 Å². The number of benzene rings is 1. The standard InChI is InChI=1S/C13H12N2O3S2/c16-11(15-13-14-5-6-20-13)8-19-7-9-1-3-10(4-2-9)12(17)18/h1-6H,7-8H2,(H,17,18)(H,14,15,16). The summed E-state index contributed by atoms with van der Waals surface area (Å²) in [5, 5.41) is 13.9. The summed E-state index contributed by atoms with van der Waals surface area (Å²) in [6, 6.07) is 6.64. The Morgan fingerprint density at radius 3 is 2.65 bits per heavy atom. The molecule has 1 heterocycles. The molecule has 7 heteroatoms. The lowest BCUT2D eigenvalue weighted by molar-refractivity contribution is -0.113. The third kappa shape index (κ3) is 4.36. The zero-order chi connectivity index (χ0) is 14.4. The summed E-state index contributed by atoms with van der Waals surface area (Å²) in [7, 11) is 0. The molecule has 0 aliphatic rings. The summed E-state index contributed by atoms with van der Waals surface area (Å²) in [6.45, 7) is 0. The number of carbonyl (C=O) groups is 2. The van der Waals surface area contributed by atoms with E-state index in [2.05, 4.69) is 10.3 Å². The summed E-state index contributed by atoms with van der Waals surface area (Å²) in [5.41, 5.74) is 1.25. The Balaban J connectivity index is 1.75. The minimum atomic E-state index is -0.938. The number of nitrogens with zero attached hydrogens (tertiary/aromatic N) is 1. The molecule has 1 amide bonds. The van der Waals surface area contributed by atoms with Crippen LogP contribution in [0, 0.1) is 0 Å². The highest BCUT2D eigenvalue weighted by Crippen LogP contribution is 2.15. The second kappa shape index (κ2) is 7.06. The Labute approximate surface area is 124 Å². The quantitative estimate of drug-likeness (QED) is 0.857. The molecular formula is C13H12N2O3S2. The van der Waals surface area contributed by atoms with Gasteiger partial charge in [0.05, 0.1) is 11.3 Å². The molecule has 2 rings (SSSR count). The number of hydrogen-bond donors (Lipinski definition) is 2. The molecule has 20 heavy (non-hydrogen) atoms. The van der Waals surface area contributed by atoms with Gasteiger partial charge in [0.15, 0.2) is 5.13 Å². The summed E-state index contributed by atoms with van der Waals surface area (Å²) in [6.07, 6.45) is 1.64. The van der Waals surface area contributed by atoms with E-state index in [0.29, 0.717) is 16.6 Å². The lowest BCUT2D eigenvalue weighted by atomic mass is 10.1. The van der Waals surface area contributed by atoms with Crippen LogP contribution in [0.1, 0.15) is 15.9 Å². The van der Waals surface area contributed by atoms with Gasteiger partial charge in [0.2, 0.25) is 5.91 Å². The van der Waals surface area contributed by atoms with Gasteiger partial charge in [-0.05, 0) is 17.7 Å². The van der Waals surface area contributed by atoms with Crippen LogP contribution in [0.4, 0.5) is 5.13 Å². The number of amides is 1. The maximum atomic E-state index is 11.6. The van der Waals surface area contributed by atoms with E-state index in [1.807, 2.05) is 0 Å². The van der Waals surface area contributed by atoms with E-state index in [1.165, 1.54) is 23.1 Å². The van der Waals surface area contributed by atoms with Crippen molar-refractivity contribution in [2.75, 3.05) is 11.1 Å². The number of aromatic nitrogens is 1. The van der Waals surface area contributed by atoms with Crippen LogP contribution in [-0.4, -0.2) is 27.7 Å². The van der Waals surface area contributed by atoms with E-state index in [1.54, 1.807) is 35.8 Å². The first-order valence-electron chi connectivity index (χ1n) is 5.74. The number of carboxylic acid groups (broad SMARTS) is 1. The normalized spacial score (nSPS) is 10.2. The average Bonchev–Trinajstić information content (AvgIpc) is 2.92. The highest BCUT2D eigenvalue weighted by molar-refractivity contribution is 7.99. The van der Waals surface area contributed by atoms with Crippen molar-refractivity contribution < 1.29 is 14.7 Å². The van der Waals surface area contributed by atoms with Gasteiger partial charge in [-0.15, -0.1) is 23.1 Å². The summed E-state index contributed by atoms with van der Waals surface area (Å²) in [5.74, 6) is -0.0371. The fourth-order valence-corrected chi connectivity index (χ4v) is 2.78. The van der Waals surface area contributed by atoms with Crippen LogP contribution in [0.5, 0.6) is 0 Å². The largest absolute Gasteiger partial charge is 0.478 e. The Hall–Kier alpha value is -1.86. The highest BCUT2D eigenvalue weighted by Gasteiger charge is 2.05. The number of hydrogen-bond acceptors (Lipinski definition) is 5. The Bertz CT molecular complexity index is 582. The zero-order valence-electron chi connectivity index (χ0n) is 10.4. The summed E-state index contributed by atoms with van der Waals surface area (Å²) >= 11 is 2.85. The molecule has 0 fully saturated rings. The Morgan fingerprint density at radius 2 is 2.05 bits per heavy atom. The number of carbonyl (C=O) groups excluding carboxylic acids is 1. The fourth-order valence-electron chi connectivity index (χ4n) is 1.45. The molecule has 0 atom stereocenters. The average molecular weight is 308 g/mol. The Kier molecular flexibility index (Phi) is 5.14. The third-order valence-electron chi connectivity index (χ3n) is 2.38. The number of rotatable bonds is 6. The van der Waals surface area contributed by atoms with Crippen molar-refractivity contribution in [3.8, 4) is 0 Å². The molecule has 0 bridgehead atoms. The number of carboxylic acids is 1. The summed E-state index contributed by atoms with van der Waals surface area (Å²) in [4.78, 5) is 26.3. The molecule has 1 aromatic carbocycles. The van der Waals surface area contributed by atoms with Crippen molar-refractivity contribution >= 4 is 40.1 Å². The van der Waals surface area contributed by atoms with Crippen molar-refractivity contribution in [2.45, 2.75) is 5.75 Å². The maximum absolute atomic E-state index is 11.6. The second-order valence-electron chi connectivity index (χ2n) is 3.88. The van der Waals surface area contributed by atoms with Gasteiger partial charge in [0.1, 0.15) is 0 Å². The van der Waals surface area contributed by atoms with Crippen molar-refractivity contribution in [3.05, 3.63) is 47.0 Å². The van der Waals surface area contributed by atoms with E-state index in [0.717, 1.165) is 5.56 Å². The molecular weight excluding hydrogens is 296 g/mol. The van der Waals surface area contributed by atoms with Gasteiger partial charge in [-0.2, -0.15) is 0 Å². The van der Waals surface area contributed by atoms with E-state index >= 15 is 0 Å². The molecule has 0 saturated carbocycles. The topological polar surface area (TPSA) is 79.3 Å². The predicted octanol–water partition coefficient (Wildman–Crippen LogP) is 2.71. The van der Waals surface area contributed by atoms with Crippen molar-refractivity contribution in [2.24, 2.45) is 0 Å². The lowest BCUT2D eigenvalue weighted by Crippen LogP contribution is -2.13. The number of nitrogens with one attached hydrogen (secondary N) is 1. The Morgan fingerprint density at radius 1 is 1.30 bits per heavy atom. The van der Waals surface area contributed by atoms with Gasteiger partial charge < -0.3 is 10.4 Å². The molecule has 0 aliphatic carbocycles. The second-order valence-corrected chi connectivity index (χ2v) is 5.76. The lowest BCUT2D eigenvalue weighted by Gasteiger charge is -2.03. The van der Waals surface area contributed by atoms with Crippen LogP contribution in [0.2, 0.25) is 0 Å². The maximum Gasteiger partial charge on any atom is 0.335 e. The van der Waals surface area contributed by atoms with E-state index < -0.39 is 5.97 Å². The van der Waals surface area contributed by atoms with E-state index in [9.17, 15) is 9.59 Å². The number of aromatic carboxylic acids is 1. The molecule has 1 aromatic heterocycles. The van der Waals surface area contributed by atoms with Gasteiger partial charge in [-0.3, -0.25) is 4.79 Å². The molecule has 2 N–H and O–H groups in total. The molecule has 2 aromatic rings. The predicted molar refractivity (Wildman–Crippen MR) is 80.3 cm³/mol. The summed E-state index contributed by atoms with van der Waals surface area (Å²) < 4.78 is 0. The van der Waals surface area contributed by atoms with Crippen molar-refractivity contribution in [3.63, 3.8) is 0 Å². The molecule has 0 radical (unpaired) electrons. The van der Waals surface area contributed by atoms with Gasteiger partial charge >= 0.3 is 5.97 Å². The first-order chi connectivity index (χ1) is 9.65. The third-order valence-corrected chi connectivity index (χ3v) is 4.07. The fraction of sp³-hybridized carbons (Fsp3) is 0.154. The SMILES string of the molecule is O=C(CSCc1ccc(C(=O)O)cc1)Nc1nccs1. The van der Waals surface area contributed by atoms with Crippen LogP contribution in [-0.2, 0) is 10.5 Å². The molecule has 5 nitrogen and oxygen atoms in total. The van der Waals surface area contributed by atoms with Crippen molar-refractivity contribution in [1.82, 2.24) is 4.98 Å². The monoisotopic (exact) mass is 308 g/mol. The smallest absolute Gasteiger partial charge is 0.335 e. The van der Waals surface area contributed by atoms with Crippen LogP contribution < -0.4 is 5.32 Å². The van der Waals surface area contributed by atoms with E-state index in [4.69, 9.17) is 5.11 Å². The minimum Gasteiger partial charge on any atom is -0.478 e.